The molecule has 1 aromatic heterocycles. The zero-order valence-electron chi connectivity index (χ0n) is 11.0. The van der Waals surface area contributed by atoms with Crippen LogP contribution < -0.4 is 4.74 Å². The topological polar surface area (TPSA) is 68.5 Å². The molecular formula is C12H15F2N3O3. The smallest absolute Gasteiger partial charge is 0.296 e. The number of nitro groups is 1. The monoisotopic (exact) mass is 287 g/mol. The molecule has 1 saturated heterocycles. The quantitative estimate of drug-likeness (QED) is 0.626. The number of piperidine rings is 1. The molecule has 0 saturated carbocycles. The zero-order chi connectivity index (χ0) is 14.8. The molecule has 2 rings (SSSR count). The molecule has 1 aliphatic rings. The van der Waals surface area contributed by atoms with Crippen molar-refractivity contribution in [1.29, 1.82) is 0 Å². The highest BCUT2D eigenvalue weighted by molar-refractivity contribution is 5.29. The molecule has 2 heterocycles. The van der Waals surface area contributed by atoms with E-state index in [1.807, 2.05) is 6.92 Å². The summed E-state index contributed by atoms with van der Waals surface area (Å²) in [4.78, 5) is 15.2. The number of ether oxygens (including phenoxy) is 1. The van der Waals surface area contributed by atoms with Crippen molar-refractivity contribution >= 4 is 5.69 Å². The number of halogens is 2. The predicted molar refractivity (Wildman–Crippen MR) is 67.0 cm³/mol. The van der Waals surface area contributed by atoms with Gasteiger partial charge in [0.15, 0.2) is 6.10 Å². The van der Waals surface area contributed by atoms with Gasteiger partial charge in [-0.1, -0.05) is 6.92 Å². The highest BCUT2D eigenvalue weighted by Crippen LogP contribution is 2.30. The summed E-state index contributed by atoms with van der Waals surface area (Å²) in [5, 5.41) is 10.5. The Bertz CT molecular complexity index is 481. The Morgan fingerprint density at radius 1 is 1.60 bits per heavy atom. The Hall–Kier alpha value is -1.83. The average molecular weight is 287 g/mol. The number of hydrogen-bond acceptors (Lipinski definition) is 5. The minimum Gasteiger partial charge on any atom is -0.468 e. The number of likely N-dealkylation sites (tertiary alicyclic amines) is 1. The van der Waals surface area contributed by atoms with Crippen LogP contribution in [0.1, 0.15) is 13.3 Å². The van der Waals surface area contributed by atoms with E-state index < -0.39 is 16.9 Å². The number of hydrogen-bond donors (Lipinski definition) is 0. The van der Waals surface area contributed by atoms with Gasteiger partial charge in [0.05, 0.1) is 11.5 Å². The van der Waals surface area contributed by atoms with Crippen molar-refractivity contribution < 1.29 is 18.4 Å². The van der Waals surface area contributed by atoms with Crippen molar-refractivity contribution in [3.63, 3.8) is 0 Å². The molecule has 0 aliphatic carbocycles. The first-order chi connectivity index (χ1) is 9.42. The number of alkyl halides is 2. The standard InChI is InChI=1S/C12H15F2N3O3/c1-2-16-6-5-10(12(13,14)8-16)20-11-4-3-9(7-15-11)17(18)19/h3-4,7,10H,2,5-6,8H2,1H3. The summed E-state index contributed by atoms with van der Waals surface area (Å²) in [6.07, 6.45) is -0.0620. The molecule has 1 unspecified atom stereocenters. The summed E-state index contributed by atoms with van der Waals surface area (Å²) in [5.41, 5.74) is -0.204. The van der Waals surface area contributed by atoms with E-state index in [-0.39, 0.29) is 24.5 Å². The second-order valence-corrected chi connectivity index (χ2v) is 4.64. The third kappa shape index (κ3) is 3.19. The van der Waals surface area contributed by atoms with E-state index in [9.17, 15) is 18.9 Å². The fourth-order valence-electron chi connectivity index (χ4n) is 2.10. The van der Waals surface area contributed by atoms with Crippen LogP contribution >= 0.6 is 0 Å². The molecule has 0 spiro atoms. The van der Waals surface area contributed by atoms with E-state index in [1.165, 1.54) is 12.1 Å². The van der Waals surface area contributed by atoms with Crippen LogP contribution in [0.25, 0.3) is 0 Å². The Morgan fingerprint density at radius 2 is 2.35 bits per heavy atom. The first-order valence-electron chi connectivity index (χ1n) is 6.29. The van der Waals surface area contributed by atoms with Gasteiger partial charge in [-0.2, -0.15) is 0 Å². The third-order valence-electron chi connectivity index (χ3n) is 3.25. The summed E-state index contributed by atoms with van der Waals surface area (Å²) in [6.45, 7) is 2.58. The van der Waals surface area contributed by atoms with E-state index in [0.717, 1.165) is 6.20 Å². The first-order valence-corrected chi connectivity index (χ1v) is 6.29. The summed E-state index contributed by atoms with van der Waals surface area (Å²) in [5.74, 6) is -2.98. The second kappa shape index (κ2) is 5.66. The van der Waals surface area contributed by atoms with Crippen LogP contribution in [-0.2, 0) is 0 Å². The number of pyridine rings is 1. The molecule has 1 fully saturated rings. The Morgan fingerprint density at radius 3 is 2.85 bits per heavy atom. The number of rotatable bonds is 4. The van der Waals surface area contributed by atoms with Gasteiger partial charge in [0.25, 0.3) is 11.6 Å². The van der Waals surface area contributed by atoms with E-state index in [0.29, 0.717) is 13.1 Å². The minimum atomic E-state index is -2.96. The minimum absolute atomic E-state index is 0.0229. The SMILES string of the molecule is CCN1CCC(Oc2ccc([N+](=O)[O-])cn2)C(F)(F)C1. The highest BCUT2D eigenvalue weighted by atomic mass is 19.3. The lowest BCUT2D eigenvalue weighted by Gasteiger charge is -2.37. The normalized spacial score (nSPS) is 22.4. The van der Waals surface area contributed by atoms with Gasteiger partial charge >= 0.3 is 0 Å². The molecule has 0 aromatic carbocycles. The lowest BCUT2D eigenvalue weighted by atomic mass is 10.0. The van der Waals surface area contributed by atoms with Crippen molar-refractivity contribution in [3.8, 4) is 5.88 Å². The van der Waals surface area contributed by atoms with Crippen LogP contribution in [0.3, 0.4) is 0 Å². The van der Waals surface area contributed by atoms with Gasteiger partial charge in [-0.15, -0.1) is 0 Å². The maximum Gasteiger partial charge on any atom is 0.296 e. The molecule has 6 nitrogen and oxygen atoms in total. The summed E-state index contributed by atoms with van der Waals surface area (Å²) in [7, 11) is 0. The molecule has 0 radical (unpaired) electrons. The van der Waals surface area contributed by atoms with Gasteiger partial charge in [-0.25, -0.2) is 13.8 Å². The third-order valence-corrected chi connectivity index (χ3v) is 3.25. The van der Waals surface area contributed by atoms with Crippen LogP contribution in [0.4, 0.5) is 14.5 Å². The van der Waals surface area contributed by atoms with Gasteiger partial charge in [0, 0.05) is 25.1 Å². The van der Waals surface area contributed by atoms with E-state index in [1.54, 1.807) is 4.90 Å². The van der Waals surface area contributed by atoms with Gasteiger partial charge in [-0.05, 0) is 6.54 Å². The van der Waals surface area contributed by atoms with Crippen molar-refractivity contribution in [1.82, 2.24) is 9.88 Å². The van der Waals surface area contributed by atoms with Crippen molar-refractivity contribution in [2.45, 2.75) is 25.4 Å². The van der Waals surface area contributed by atoms with Crippen molar-refractivity contribution in [2.75, 3.05) is 19.6 Å². The summed E-state index contributed by atoms with van der Waals surface area (Å²) in [6, 6.07) is 2.42. The molecule has 8 heteroatoms. The van der Waals surface area contributed by atoms with Crippen LogP contribution in [0.2, 0.25) is 0 Å². The Balaban J connectivity index is 2.04. The maximum atomic E-state index is 13.9. The molecule has 0 bridgehead atoms. The molecule has 1 aromatic rings. The Kier molecular flexibility index (Phi) is 4.12. The van der Waals surface area contributed by atoms with E-state index in [4.69, 9.17) is 4.74 Å². The molecule has 110 valence electrons. The van der Waals surface area contributed by atoms with Crippen LogP contribution in [0, 0.1) is 10.1 Å². The lowest BCUT2D eigenvalue weighted by Crippen LogP contribution is -2.53. The van der Waals surface area contributed by atoms with Gasteiger partial charge in [-0.3, -0.25) is 15.0 Å². The van der Waals surface area contributed by atoms with Gasteiger partial charge in [0.2, 0.25) is 5.88 Å². The average Bonchev–Trinajstić information content (AvgIpc) is 2.41. The molecular weight excluding hydrogens is 272 g/mol. The van der Waals surface area contributed by atoms with Crippen LogP contribution in [-0.4, -0.2) is 46.5 Å². The fourth-order valence-corrected chi connectivity index (χ4v) is 2.10. The van der Waals surface area contributed by atoms with Gasteiger partial charge in [0.1, 0.15) is 6.20 Å². The Labute approximate surface area is 114 Å². The summed E-state index contributed by atoms with van der Waals surface area (Å²) < 4.78 is 33.0. The highest BCUT2D eigenvalue weighted by Gasteiger charge is 2.46. The summed E-state index contributed by atoms with van der Waals surface area (Å²) >= 11 is 0. The molecule has 1 atom stereocenters. The maximum absolute atomic E-state index is 13.9. The lowest BCUT2D eigenvalue weighted by molar-refractivity contribution is -0.385. The van der Waals surface area contributed by atoms with E-state index >= 15 is 0 Å². The molecule has 0 amide bonds. The number of aromatic nitrogens is 1. The molecule has 1 aliphatic heterocycles. The van der Waals surface area contributed by atoms with Crippen LogP contribution in [0.5, 0.6) is 5.88 Å². The molecule has 20 heavy (non-hydrogen) atoms. The van der Waals surface area contributed by atoms with Crippen LogP contribution in [0.15, 0.2) is 18.3 Å². The fraction of sp³-hybridized carbons (Fsp3) is 0.583. The van der Waals surface area contributed by atoms with Gasteiger partial charge < -0.3 is 4.74 Å². The predicted octanol–water partition coefficient (Wildman–Crippen LogP) is 2.10. The first kappa shape index (κ1) is 14.6. The van der Waals surface area contributed by atoms with Crippen molar-refractivity contribution in [2.24, 2.45) is 0 Å². The number of nitrogens with zero attached hydrogens (tertiary/aromatic N) is 3. The van der Waals surface area contributed by atoms with Crippen molar-refractivity contribution in [3.05, 3.63) is 28.4 Å². The van der Waals surface area contributed by atoms with E-state index in [2.05, 4.69) is 4.98 Å². The zero-order valence-corrected chi connectivity index (χ0v) is 11.0. The largest absolute Gasteiger partial charge is 0.468 e. The second-order valence-electron chi connectivity index (χ2n) is 4.64. The molecule has 0 N–H and O–H groups in total.